The van der Waals surface area contributed by atoms with E-state index >= 15 is 0 Å². The average molecular weight is 362 g/mol. The molecule has 0 aliphatic carbocycles. The predicted octanol–water partition coefficient (Wildman–Crippen LogP) is 3.64. The Hall–Kier alpha value is -3.49. The quantitative estimate of drug-likeness (QED) is 0.668. The molecule has 1 aromatic carbocycles. The molecule has 9 heteroatoms. The normalized spacial score (nSPS) is 14.6. The number of hydrogen-bond donors (Lipinski definition) is 0. The average Bonchev–Trinajstić information content (AvgIpc) is 3.31. The molecule has 1 aliphatic rings. The van der Waals surface area contributed by atoms with Gasteiger partial charge in [0.25, 0.3) is 0 Å². The Kier molecular flexibility index (Phi) is 4.41. The topological polar surface area (TPSA) is 102 Å². The van der Waals surface area contributed by atoms with E-state index in [1.165, 1.54) is 0 Å². The van der Waals surface area contributed by atoms with Crippen LogP contribution in [-0.2, 0) is 12.7 Å². The Labute approximate surface area is 155 Å². The minimum absolute atomic E-state index is 0.339. The Morgan fingerprint density at radius 3 is 2.59 bits per heavy atom. The summed E-state index contributed by atoms with van der Waals surface area (Å²) < 4.78 is 7.64. The highest BCUT2D eigenvalue weighted by molar-refractivity contribution is 5.53. The number of rotatable bonds is 6. The highest BCUT2D eigenvalue weighted by Crippen LogP contribution is 2.37. The van der Waals surface area contributed by atoms with Crippen LogP contribution in [0.5, 0.6) is 6.01 Å². The molecular weight excluding hydrogens is 344 g/mol. The Balaban J connectivity index is 1.50. The fourth-order valence-corrected chi connectivity index (χ4v) is 3.04. The van der Waals surface area contributed by atoms with Gasteiger partial charge < -0.3 is 4.74 Å². The molecule has 3 aromatic rings. The van der Waals surface area contributed by atoms with Crippen LogP contribution in [0, 0.1) is 6.92 Å². The molecule has 4 rings (SSSR count). The summed E-state index contributed by atoms with van der Waals surface area (Å²) in [5, 5.41) is 24.3. The SMILES string of the molecule is Cc1ccccc1C1(CCOc2nnc(-c3cccnc3)n2C)N=NN=N1. The first kappa shape index (κ1) is 17.0. The fraction of sp³-hybridized carbons (Fsp3) is 0.278. The first-order valence-electron chi connectivity index (χ1n) is 8.52. The van der Waals surface area contributed by atoms with Gasteiger partial charge in [0.2, 0.25) is 5.66 Å². The molecule has 0 amide bonds. The smallest absolute Gasteiger partial charge is 0.316 e. The Morgan fingerprint density at radius 1 is 1.04 bits per heavy atom. The van der Waals surface area contributed by atoms with Crippen molar-refractivity contribution in [2.75, 3.05) is 6.61 Å². The summed E-state index contributed by atoms with van der Waals surface area (Å²) >= 11 is 0. The van der Waals surface area contributed by atoms with E-state index in [9.17, 15) is 0 Å². The van der Waals surface area contributed by atoms with Gasteiger partial charge in [0.05, 0.1) is 6.61 Å². The molecule has 0 unspecified atom stereocenters. The van der Waals surface area contributed by atoms with Gasteiger partial charge >= 0.3 is 6.01 Å². The minimum atomic E-state index is -0.851. The third-order valence-electron chi connectivity index (χ3n) is 4.47. The highest BCUT2D eigenvalue weighted by atomic mass is 16.5. The van der Waals surface area contributed by atoms with Crippen LogP contribution in [0.4, 0.5) is 0 Å². The zero-order valence-corrected chi connectivity index (χ0v) is 15.0. The van der Waals surface area contributed by atoms with Gasteiger partial charge in [-0.25, -0.2) is 0 Å². The van der Waals surface area contributed by atoms with Gasteiger partial charge in [0.15, 0.2) is 5.82 Å². The van der Waals surface area contributed by atoms with E-state index in [0.29, 0.717) is 24.9 Å². The molecule has 9 nitrogen and oxygen atoms in total. The van der Waals surface area contributed by atoms with Gasteiger partial charge in [-0.1, -0.05) is 29.4 Å². The van der Waals surface area contributed by atoms with E-state index in [0.717, 1.165) is 16.7 Å². The second-order valence-corrected chi connectivity index (χ2v) is 6.22. The molecule has 0 atom stereocenters. The molecule has 0 saturated heterocycles. The molecule has 3 heterocycles. The summed E-state index contributed by atoms with van der Waals surface area (Å²) in [7, 11) is 1.85. The lowest BCUT2D eigenvalue weighted by molar-refractivity contribution is 0.238. The summed E-state index contributed by atoms with van der Waals surface area (Å²) in [6.45, 7) is 2.36. The predicted molar refractivity (Wildman–Crippen MR) is 96.9 cm³/mol. The van der Waals surface area contributed by atoms with E-state index < -0.39 is 5.66 Å². The molecule has 0 saturated carbocycles. The fourth-order valence-electron chi connectivity index (χ4n) is 3.04. The Morgan fingerprint density at radius 2 is 1.85 bits per heavy atom. The lowest BCUT2D eigenvalue weighted by atomic mass is 9.94. The highest BCUT2D eigenvalue weighted by Gasteiger charge is 2.36. The van der Waals surface area contributed by atoms with E-state index in [1.54, 1.807) is 17.0 Å². The van der Waals surface area contributed by atoms with Crippen LogP contribution in [0.1, 0.15) is 17.5 Å². The van der Waals surface area contributed by atoms with E-state index in [2.05, 4.69) is 35.9 Å². The van der Waals surface area contributed by atoms with Gasteiger partial charge in [-0.3, -0.25) is 9.55 Å². The Bertz CT molecular complexity index is 984. The van der Waals surface area contributed by atoms with Gasteiger partial charge in [-0.15, -0.1) is 15.3 Å². The second kappa shape index (κ2) is 7.02. The molecule has 27 heavy (non-hydrogen) atoms. The lowest BCUT2D eigenvalue weighted by Gasteiger charge is -2.21. The number of hydrogen-bond acceptors (Lipinski definition) is 8. The van der Waals surface area contributed by atoms with Gasteiger partial charge in [0, 0.05) is 37.0 Å². The molecule has 1 aliphatic heterocycles. The first-order chi connectivity index (χ1) is 13.2. The molecule has 0 radical (unpaired) electrons. The van der Waals surface area contributed by atoms with Crippen molar-refractivity contribution in [2.45, 2.75) is 19.0 Å². The van der Waals surface area contributed by atoms with Crippen molar-refractivity contribution in [1.29, 1.82) is 0 Å². The van der Waals surface area contributed by atoms with Crippen LogP contribution in [-0.4, -0.2) is 26.4 Å². The van der Waals surface area contributed by atoms with Crippen LogP contribution >= 0.6 is 0 Å². The van der Waals surface area contributed by atoms with E-state index in [4.69, 9.17) is 4.74 Å². The van der Waals surface area contributed by atoms with Crippen molar-refractivity contribution in [3.63, 3.8) is 0 Å². The number of pyridine rings is 1. The van der Waals surface area contributed by atoms with Crippen molar-refractivity contribution in [3.05, 3.63) is 59.9 Å². The van der Waals surface area contributed by atoms with Gasteiger partial charge in [-0.2, -0.15) is 0 Å². The first-order valence-corrected chi connectivity index (χ1v) is 8.52. The summed E-state index contributed by atoms with van der Waals surface area (Å²) in [4.78, 5) is 4.11. The molecule has 0 N–H and O–H groups in total. The number of aryl methyl sites for hydroxylation is 1. The standard InChI is InChI=1S/C18H18N8O/c1-13-6-3-4-8-15(13)18(22-24-25-23-18)9-11-27-17-21-20-16(26(17)2)14-7-5-10-19-12-14/h3-8,10,12H,9,11H2,1-2H3. The monoisotopic (exact) mass is 362 g/mol. The van der Waals surface area contributed by atoms with Crippen molar-refractivity contribution in [3.8, 4) is 17.4 Å². The second-order valence-electron chi connectivity index (χ2n) is 6.22. The van der Waals surface area contributed by atoms with Crippen LogP contribution in [0.3, 0.4) is 0 Å². The molecule has 0 fully saturated rings. The molecule has 0 bridgehead atoms. The summed E-state index contributed by atoms with van der Waals surface area (Å²) in [6, 6.07) is 12.1. The number of nitrogens with zero attached hydrogens (tertiary/aromatic N) is 8. The number of ether oxygens (including phenoxy) is 1. The molecule has 0 spiro atoms. The molecule has 2 aromatic heterocycles. The minimum Gasteiger partial charge on any atom is -0.463 e. The molecular formula is C18H18N8O. The largest absolute Gasteiger partial charge is 0.463 e. The third-order valence-corrected chi connectivity index (χ3v) is 4.47. The van der Waals surface area contributed by atoms with Crippen molar-refractivity contribution < 1.29 is 4.74 Å². The van der Waals surface area contributed by atoms with Crippen LogP contribution in [0.2, 0.25) is 0 Å². The summed E-state index contributed by atoms with van der Waals surface area (Å²) in [5.74, 6) is 0.687. The van der Waals surface area contributed by atoms with E-state index in [-0.39, 0.29) is 0 Å². The van der Waals surface area contributed by atoms with Crippen molar-refractivity contribution in [1.82, 2.24) is 19.7 Å². The zero-order chi connectivity index (χ0) is 18.7. The third kappa shape index (κ3) is 3.19. The van der Waals surface area contributed by atoms with Gasteiger partial charge in [-0.05, 0) is 35.1 Å². The van der Waals surface area contributed by atoms with Crippen LogP contribution < -0.4 is 4.74 Å². The summed E-state index contributed by atoms with van der Waals surface area (Å²) in [5.41, 5.74) is 2.07. The molecule has 136 valence electrons. The van der Waals surface area contributed by atoms with Gasteiger partial charge in [0.1, 0.15) is 0 Å². The van der Waals surface area contributed by atoms with E-state index in [1.807, 2.05) is 50.4 Å². The van der Waals surface area contributed by atoms with Crippen LogP contribution in [0.15, 0.2) is 69.5 Å². The van der Waals surface area contributed by atoms with Crippen molar-refractivity contribution >= 4 is 0 Å². The number of aromatic nitrogens is 4. The maximum atomic E-state index is 5.85. The summed E-state index contributed by atoms with van der Waals surface area (Å²) in [6.07, 6.45) is 3.94. The number of benzene rings is 1. The maximum Gasteiger partial charge on any atom is 0.316 e. The van der Waals surface area contributed by atoms with Crippen LogP contribution in [0.25, 0.3) is 11.4 Å². The lowest BCUT2D eigenvalue weighted by Crippen LogP contribution is -2.23. The maximum absolute atomic E-state index is 5.85. The van der Waals surface area contributed by atoms with Crippen molar-refractivity contribution in [2.24, 2.45) is 27.7 Å². The zero-order valence-electron chi connectivity index (χ0n) is 15.0.